The number of benzene rings is 2. The molecule has 0 saturated heterocycles. The molecule has 0 aliphatic carbocycles. The molecule has 0 aromatic heterocycles. The normalized spacial score (nSPS) is 13.0. The maximum Gasteiger partial charge on any atom is 3.00 e. The third kappa shape index (κ3) is 12.6. The zero-order valence-electron chi connectivity index (χ0n) is 28.9. The molecule has 2 aromatic carbocycles. The molecule has 0 radical (unpaired) electrons. The van der Waals surface area contributed by atoms with E-state index in [0.717, 1.165) is 28.7 Å². The Labute approximate surface area is 267 Å². The number of nitrogens with zero attached hydrogens (tertiary/aromatic N) is 2. The molecule has 0 N–H and O–H groups in total. The molecular formula is C36H55AlN2O3. The fraction of sp³-hybridized carbons (Fsp3) is 0.611. The minimum absolute atomic E-state index is 0. The van der Waals surface area contributed by atoms with Gasteiger partial charge in [0.1, 0.15) is 0 Å². The zero-order chi connectivity index (χ0) is 32.0. The Hall–Kier alpha value is -2.13. The van der Waals surface area contributed by atoms with Gasteiger partial charge in [0.15, 0.2) is 0 Å². The van der Waals surface area contributed by atoms with Crippen LogP contribution in [0.15, 0.2) is 34.3 Å². The molecule has 5 nitrogen and oxygen atoms in total. The summed E-state index contributed by atoms with van der Waals surface area (Å²) in [5, 5.41) is 35.7. The predicted octanol–water partition coefficient (Wildman–Crippen LogP) is 6.33. The first kappa shape index (κ1) is 39.9. The second kappa shape index (κ2) is 15.6. The maximum atomic E-state index is 13.1. The van der Waals surface area contributed by atoms with Gasteiger partial charge in [0.05, 0.1) is 0 Å². The monoisotopic (exact) mass is 590 g/mol. The van der Waals surface area contributed by atoms with E-state index in [2.05, 4.69) is 105 Å². The molecular weight excluding hydrogens is 535 g/mol. The van der Waals surface area contributed by atoms with Gasteiger partial charge in [0, 0.05) is 25.5 Å². The summed E-state index contributed by atoms with van der Waals surface area (Å²) in [6.45, 7) is 29.8. The Balaban J connectivity index is 0.00000315. The van der Waals surface area contributed by atoms with Gasteiger partial charge in [-0.3, -0.25) is 9.98 Å². The molecule has 0 amide bonds. The Morgan fingerprint density at radius 2 is 0.881 bits per heavy atom. The van der Waals surface area contributed by atoms with Gasteiger partial charge in [-0.15, -0.1) is 6.10 Å². The van der Waals surface area contributed by atoms with Crippen LogP contribution in [0.2, 0.25) is 0 Å². The number of aliphatic imine (C=N–C) groups is 2. The Bertz CT molecular complexity index is 1110. The van der Waals surface area contributed by atoms with Crippen molar-refractivity contribution in [3.05, 3.63) is 57.6 Å². The van der Waals surface area contributed by atoms with Gasteiger partial charge >= 0.3 is 17.4 Å². The van der Waals surface area contributed by atoms with E-state index in [1.807, 2.05) is 12.1 Å². The van der Waals surface area contributed by atoms with Crippen LogP contribution >= 0.6 is 0 Å². The first-order valence-corrected chi connectivity index (χ1v) is 14.8. The van der Waals surface area contributed by atoms with Crippen molar-refractivity contribution in [2.45, 2.75) is 131 Å². The average Bonchev–Trinajstić information content (AvgIpc) is 2.76. The fourth-order valence-electron chi connectivity index (χ4n) is 4.05. The molecule has 0 aliphatic rings. The van der Waals surface area contributed by atoms with Crippen molar-refractivity contribution in [1.82, 2.24) is 0 Å². The molecule has 0 atom stereocenters. The minimum Gasteiger partial charge on any atom is -0.872 e. The van der Waals surface area contributed by atoms with E-state index in [4.69, 9.17) is 0 Å². The standard InChI is InChI=1S/C33H50N2O2.C3H7O.Al/c1-30(2,3)24-16-22(28(36)26(18-24)32(7,8)9)20-34-14-13-15-35-21-23-17-25(31(4,5)6)19-27(29(23)37)33(10,11)12;1-3(2)4;/h16-21,36-37H,13-15H2,1-12H3;3H,1-2H3;/q;-1;+3/p-2. The third-order valence-electron chi connectivity index (χ3n) is 6.62. The van der Waals surface area contributed by atoms with Crippen molar-refractivity contribution in [1.29, 1.82) is 0 Å². The van der Waals surface area contributed by atoms with E-state index in [9.17, 15) is 15.3 Å². The van der Waals surface area contributed by atoms with Gasteiger partial charge in [0.25, 0.3) is 0 Å². The molecule has 2 rings (SSSR count). The van der Waals surface area contributed by atoms with Crippen LogP contribution in [0.3, 0.4) is 0 Å². The summed E-state index contributed by atoms with van der Waals surface area (Å²) in [5.41, 5.74) is 4.66. The Kier molecular flexibility index (Phi) is 14.8. The first-order valence-electron chi connectivity index (χ1n) is 14.8. The van der Waals surface area contributed by atoms with Crippen LogP contribution < -0.4 is 15.3 Å². The second-order valence-electron chi connectivity index (χ2n) is 15.4. The summed E-state index contributed by atoms with van der Waals surface area (Å²) in [5.74, 6) is 0.109. The smallest absolute Gasteiger partial charge is 0.872 e. The summed E-state index contributed by atoms with van der Waals surface area (Å²) in [4.78, 5) is 9.09. The second-order valence-corrected chi connectivity index (χ2v) is 15.4. The van der Waals surface area contributed by atoms with E-state index >= 15 is 0 Å². The molecule has 230 valence electrons. The molecule has 0 bridgehead atoms. The van der Waals surface area contributed by atoms with E-state index in [1.54, 1.807) is 26.3 Å². The largest absolute Gasteiger partial charge is 3.00 e. The molecule has 0 heterocycles. The Morgan fingerprint density at radius 1 is 0.595 bits per heavy atom. The van der Waals surface area contributed by atoms with Crippen LogP contribution in [0.1, 0.15) is 137 Å². The Morgan fingerprint density at radius 3 is 1.12 bits per heavy atom. The minimum atomic E-state index is -0.417. The maximum absolute atomic E-state index is 13.1. The van der Waals surface area contributed by atoms with Gasteiger partial charge in [-0.05, 0) is 61.5 Å². The van der Waals surface area contributed by atoms with Crippen LogP contribution in [-0.2, 0) is 21.7 Å². The quantitative estimate of drug-likeness (QED) is 0.224. The fourth-order valence-corrected chi connectivity index (χ4v) is 4.05. The first-order chi connectivity index (χ1) is 18.5. The molecule has 0 fully saturated rings. The average molecular weight is 591 g/mol. The topological polar surface area (TPSA) is 93.9 Å². The van der Waals surface area contributed by atoms with Crippen LogP contribution in [-0.4, -0.2) is 49.0 Å². The van der Waals surface area contributed by atoms with Crippen molar-refractivity contribution in [3.8, 4) is 11.5 Å². The predicted molar refractivity (Wildman–Crippen MR) is 177 cm³/mol. The third-order valence-corrected chi connectivity index (χ3v) is 6.62. The number of hydrogen-bond donors (Lipinski definition) is 0. The van der Waals surface area contributed by atoms with Gasteiger partial charge in [0.2, 0.25) is 0 Å². The zero-order valence-corrected chi connectivity index (χ0v) is 30.0. The SMILES string of the molecule is CC(C)(C)c1cc(C=NCCCN=Cc2cc(C(C)(C)C)cc(C(C)(C)C)c2[O-])c([O-])c(C(C)(C)C)c1.CC(C)[O-].[Al+3]. The number of rotatable bonds is 6. The molecule has 2 aromatic rings. The van der Waals surface area contributed by atoms with Crippen molar-refractivity contribution in [3.63, 3.8) is 0 Å². The van der Waals surface area contributed by atoms with E-state index in [1.165, 1.54) is 0 Å². The van der Waals surface area contributed by atoms with Gasteiger partial charge in [-0.25, -0.2) is 0 Å². The van der Waals surface area contributed by atoms with E-state index in [0.29, 0.717) is 24.2 Å². The molecule has 0 unspecified atom stereocenters. The summed E-state index contributed by atoms with van der Waals surface area (Å²) in [7, 11) is 0. The van der Waals surface area contributed by atoms with Gasteiger partial charge in [-0.2, -0.15) is 0 Å². The van der Waals surface area contributed by atoms with Crippen LogP contribution in [0.4, 0.5) is 0 Å². The summed E-state index contributed by atoms with van der Waals surface area (Å²) < 4.78 is 0. The van der Waals surface area contributed by atoms with Crippen molar-refractivity contribution >= 4 is 29.8 Å². The molecule has 0 aliphatic heterocycles. The van der Waals surface area contributed by atoms with Gasteiger partial charge in [-0.1, -0.05) is 133 Å². The summed E-state index contributed by atoms with van der Waals surface area (Å²) in [6, 6.07) is 8.06. The number of hydrogen-bond acceptors (Lipinski definition) is 5. The molecule has 0 saturated carbocycles. The summed E-state index contributed by atoms with van der Waals surface area (Å²) in [6.07, 6.45) is 3.76. The van der Waals surface area contributed by atoms with Crippen LogP contribution in [0.5, 0.6) is 11.5 Å². The van der Waals surface area contributed by atoms with E-state index < -0.39 is 6.10 Å². The van der Waals surface area contributed by atoms with E-state index in [-0.39, 0.29) is 50.5 Å². The van der Waals surface area contributed by atoms with Crippen molar-refractivity contribution in [2.24, 2.45) is 9.98 Å². The summed E-state index contributed by atoms with van der Waals surface area (Å²) >= 11 is 0. The molecule has 0 spiro atoms. The van der Waals surface area contributed by atoms with Crippen molar-refractivity contribution in [2.75, 3.05) is 13.1 Å². The molecule has 42 heavy (non-hydrogen) atoms. The van der Waals surface area contributed by atoms with Crippen molar-refractivity contribution < 1.29 is 15.3 Å². The van der Waals surface area contributed by atoms with Crippen LogP contribution in [0.25, 0.3) is 0 Å². The molecule has 6 heteroatoms. The van der Waals surface area contributed by atoms with Crippen LogP contribution in [0, 0.1) is 0 Å². The van der Waals surface area contributed by atoms with Gasteiger partial charge < -0.3 is 15.3 Å².